The molecule has 0 amide bonds. The fourth-order valence-electron chi connectivity index (χ4n) is 1.83. The van der Waals surface area contributed by atoms with Crippen LogP contribution in [0.1, 0.15) is 71.1 Å². The average Bonchev–Trinajstić information content (AvgIpc) is 2.37. The molecule has 0 unspecified atom stereocenters. The number of ether oxygens (including phenoxy) is 2. The Morgan fingerprint density at radius 2 is 1.44 bits per heavy atom. The number of methoxy groups -OCH3 is 1. The van der Waals surface area contributed by atoms with Gasteiger partial charge in [0.2, 0.25) is 0 Å². The third kappa shape index (κ3) is 13.5. The van der Waals surface area contributed by atoms with E-state index >= 15 is 0 Å². The summed E-state index contributed by atoms with van der Waals surface area (Å²) < 4.78 is 10.2. The van der Waals surface area contributed by atoms with Crippen LogP contribution in [0.2, 0.25) is 0 Å². The van der Waals surface area contributed by atoms with E-state index in [1.54, 1.807) is 7.11 Å². The van der Waals surface area contributed by atoms with E-state index in [1.165, 1.54) is 32.1 Å². The van der Waals surface area contributed by atoms with E-state index in [2.05, 4.69) is 6.92 Å². The molecule has 18 heavy (non-hydrogen) atoms. The molecule has 0 saturated heterocycles. The lowest BCUT2D eigenvalue weighted by atomic mass is 10.1. The molecule has 0 aromatic heterocycles. The first kappa shape index (κ1) is 17.4. The number of hydrogen-bond donors (Lipinski definition) is 0. The summed E-state index contributed by atoms with van der Waals surface area (Å²) in [6.07, 6.45) is 10.8. The van der Waals surface area contributed by atoms with Gasteiger partial charge in [-0.15, -0.1) is 0 Å². The van der Waals surface area contributed by atoms with Gasteiger partial charge in [-0.1, -0.05) is 45.4 Å². The smallest absolute Gasteiger partial charge is 0.305 e. The molecule has 3 nitrogen and oxygen atoms in total. The molecule has 0 bridgehead atoms. The van der Waals surface area contributed by atoms with Gasteiger partial charge in [0.25, 0.3) is 0 Å². The Kier molecular flexibility index (Phi) is 14.0. The van der Waals surface area contributed by atoms with Gasteiger partial charge in [0.05, 0.1) is 6.61 Å². The second-order valence-electron chi connectivity index (χ2n) is 4.79. The Bertz CT molecular complexity index is 181. The SMILES string of the molecule is CCCCCCOC(=O)CCCCCCCOC. The van der Waals surface area contributed by atoms with Gasteiger partial charge < -0.3 is 9.47 Å². The van der Waals surface area contributed by atoms with Crippen LogP contribution in [0.4, 0.5) is 0 Å². The van der Waals surface area contributed by atoms with E-state index in [9.17, 15) is 4.79 Å². The first-order valence-corrected chi connectivity index (χ1v) is 7.45. The average molecular weight is 258 g/mol. The van der Waals surface area contributed by atoms with Crippen molar-refractivity contribution in [1.82, 2.24) is 0 Å². The topological polar surface area (TPSA) is 35.5 Å². The van der Waals surface area contributed by atoms with Crippen molar-refractivity contribution in [2.45, 2.75) is 71.1 Å². The van der Waals surface area contributed by atoms with Crippen molar-refractivity contribution in [2.24, 2.45) is 0 Å². The zero-order valence-corrected chi connectivity index (χ0v) is 12.2. The van der Waals surface area contributed by atoms with Gasteiger partial charge in [-0.25, -0.2) is 0 Å². The van der Waals surface area contributed by atoms with Crippen LogP contribution in [-0.4, -0.2) is 26.3 Å². The van der Waals surface area contributed by atoms with E-state index in [4.69, 9.17) is 9.47 Å². The first-order valence-electron chi connectivity index (χ1n) is 7.45. The van der Waals surface area contributed by atoms with Gasteiger partial charge in [0.1, 0.15) is 0 Å². The van der Waals surface area contributed by atoms with Crippen molar-refractivity contribution >= 4 is 5.97 Å². The van der Waals surface area contributed by atoms with Crippen molar-refractivity contribution < 1.29 is 14.3 Å². The highest BCUT2D eigenvalue weighted by atomic mass is 16.5. The Morgan fingerprint density at radius 3 is 2.17 bits per heavy atom. The maximum Gasteiger partial charge on any atom is 0.305 e. The van der Waals surface area contributed by atoms with Crippen LogP contribution in [0.3, 0.4) is 0 Å². The Morgan fingerprint density at radius 1 is 0.833 bits per heavy atom. The van der Waals surface area contributed by atoms with Crippen molar-refractivity contribution in [2.75, 3.05) is 20.3 Å². The van der Waals surface area contributed by atoms with Gasteiger partial charge in [0, 0.05) is 20.1 Å². The number of esters is 1. The Hall–Kier alpha value is -0.570. The molecule has 0 atom stereocenters. The zero-order valence-electron chi connectivity index (χ0n) is 12.2. The minimum absolute atomic E-state index is 0.0246. The zero-order chi connectivity index (χ0) is 13.5. The van der Waals surface area contributed by atoms with E-state index in [0.717, 1.165) is 32.3 Å². The summed E-state index contributed by atoms with van der Waals surface area (Å²) in [4.78, 5) is 11.4. The predicted molar refractivity (Wildman–Crippen MR) is 74.7 cm³/mol. The molecule has 0 spiro atoms. The molecule has 108 valence electrons. The predicted octanol–water partition coefficient (Wildman–Crippen LogP) is 4.10. The van der Waals surface area contributed by atoms with Crippen LogP contribution in [0.15, 0.2) is 0 Å². The molecule has 0 rings (SSSR count). The fraction of sp³-hybridized carbons (Fsp3) is 0.933. The van der Waals surface area contributed by atoms with Gasteiger partial charge in [-0.2, -0.15) is 0 Å². The maximum atomic E-state index is 11.4. The number of carbonyl (C=O) groups is 1. The summed E-state index contributed by atoms with van der Waals surface area (Å²) in [5.74, 6) is -0.0246. The van der Waals surface area contributed by atoms with Crippen molar-refractivity contribution in [3.63, 3.8) is 0 Å². The quantitative estimate of drug-likeness (QED) is 0.368. The van der Waals surface area contributed by atoms with E-state index in [0.29, 0.717) is 13.0 Å². The minimum atomic E-state index is -0.0246. The highest BCUT2D eigenvalue weighted by molar-refractivity contribution is 5.69. The fourth-order valence-corrected chi connectivity index (χ4v) is 1.83. The lowest BCUT2D eigenvalue weighted by molar-refractivity contribution is -0.143. The second-order valence-corrected chi connectivity index (χ2v) is 4.79. The molecule has 0 saturated carbocycles. The molecule has 0 heterocycles. The van der Waals surface area contributed by atoms with E-state index < -0.39 is 0 Å². The van der Waals surface area contributed by atoms with Crippen LogP contribution in [0.5, 0.6) is 0 Å². The summed E-state index contributed by atoms with van der Waals surface area (Å²) >= 11 is 0. The third-order valence-electron chi connectivity index (χ3n) is 2.99. The summed E-state index contributed by atoms with van der Waals surface area (Å²) in [6, 6.07) is 0. The summed E-state index contributed by atoms with van der Waals surface area (Å²) in [6.45, 7) is 3.63. The van der Waals surface area contributed by atoms with Crippen LogP contribution in [0, 0.1) is 0 Å². The van der Waals surface area contributed by atoms with Crippen molar-refractivity contribution in [3.05, 3.63) is 0 Å². The molecular formula is C15H30O3. The van der Waals surface area contributed by atoms with Gasteiger partial charge in [0.15, 0.2) is 0 Å². The number of carbonyl (C=O) groups excluding carboxylic acids is 1. The third-order valence-corrected chi connectivity index (χ3v) is 2.99. The monoisotopic (exact) mass is 258 g/mol. The van der Waals surface area contributed by atoms with Gasteiger partial charge in [-0.3, -0.25) is 4.79 Å². The van der Waals surface area contributed by atoms with Crippen molar-refractivity contribution in [1.29, 1.82) is 0 Å². The number of hydrogen-bond acceptors (Lipinski definition) is 3. The molecule has 0 aromatic rings. The lowest BCUT2D eigenvalue weighted by Crippen LogP contribution is -2.05. The number of unbranched alkanes of at least 4 members (excludes halogenated alkanes) is 7. The molecule has 0 aliphatic rings. The molecule has 0 aliphatic heterocycles. The Balaban J connectivity index is 3.12. The Labute approximate surface area is 112 Å². The van der Waals surface area contributed by atoms with E-state index in [-0.39, 0.29) is 5.97 Å². The molecule has 0 N–H and O–H groups in total. The molecule has 0 aliphatic carbocycles. The van der Waals surface area contributed by atoms with Crippen LogP contribution in [0.25, 0.3) is 0 Å². The van der Waals surface area contributed by atoms with E-state index in [1.807, 2.05) is 0 Å². The molecule has 3 heteroatoms. The van der Waals surface area contributed by atoms with Crippen LogP contribution in [-0.2, 0) is 14.3 Å². The highest BCUT2D eigenvalue weighted by Gasteiger charge is 2.02. The van der Waals surface area contributed by atoms with Crippen LogP contribution < -0.4 is 0 Å². The maximum absolute atomic E-state index is 11.4. The summed E-state index contributed by atoms with van der Waals surface area (Å²) in [5, 5.41) is 0. The van der Waals surface area contributed by atoms with Crippen molar-refractivity contribution in [3.8, 4) is 0 Å². The van der Waals surface area contributed by atoms with Crippen LogP contribution >= 0.6 is 0 Å². The molecular weight excluding hydrogens is 228 g/mol. The summed E-state index contributed by atoms with van der Waals surface area (Å²) in [7, 11) is 1.73. The second kappa shape index (κ2) is 14.5. The first-order chi connectivity index (χ1) is 8.81. The highest BCUT2D eigenvalue weighted by Crippen LogP contribution is 2.07. The largest absolute Gasteiger partial charge is 0.466 e. The van der Waals surface area contributed by atoms with Gasteiger partial charge >= 0.3 is 5.97 Å². The molecule has 0 radical (unpaired) electrons. The lowest BCUT2D eigenvalue weighted by Gasteiger charge is -2.04. The van der Waals surface area contributed by atoms with Gasteiger partial charge in [-0.05, 0) is 19.3 Å². The number of rotatable bonds is 13. The minimum Gasteiger partial charge on any atom is -0.466 e. The normalized spacial score (nSPS) is 10.6. The standard InChI is InChI=1S/C15H30O3/c1-3-4-5-11-14-18-15(16)12-9-7-6-8-10-13-17-2/h3-14H2,1-2H3. The summed E-state index contributed by atoms with van der Waals surface area (Å²) in [5.41, 5.74) is 0. The molecule has 0 fully saturated rings. The molecule has 0 aromatic carbocycles.